The number of hydrogen-bond acceptors (Lipinski definition) is 5. The molecule has 1 amide bonds. The lowest BCUT2D eigenvalue weighted by atomic mass is 10.1. The molecular weight excluding hydrogens is 279 g/mol. The summed E-state index contributed by atoms with van der Waals surface area (Å²) < 4.78 is 21.0. The molecule has 0 spiro atoms. The first-order chi connectivity index (χ1) is 10.0. The second-order valence-electron chi connectivity index (χ2n) is 5.37. The number of rotatable bonds is 5. The smallest absolute Gasteiger partial charge is 0.276 e. The van der Waals surface area contributed by atoms with Gasteiger partial charge in [-0.3, -0.25) is 4.79 Å². The quantitative estimate of drug-likeness (QED) is 0.843. The molecule has 1 N–H and O–H groups in total. The molecule has 0 saturated carbocycles. The third-order valence-corrected chi connectivity index (χ3v) is 3.30. The van der Waals surface area contributed by atoms with E-state index in [-0.39, 0.29) is 37.4 Å². The van der Waals surface area contributed by atoms with Crippen LogP contribution in [0.2, 0.25) is 0 Å². The SMILES string of the molecule is CC(C)O[C@H]1CCN(C(=O)c2cn(CCO)nn2)C[C@H]1F. The van der Waals surface area contributed by atoms with Crippen LogP contribution < -0.4 is 0 Å². The first-order valence-corrected chi connectivity index (χ1v) is 7.11. The van der Waals surface area contributed by atoms with E-state index in [0.29, 0.717) is 13.0 Å². The highest BCUT2D eigenvalue weighted by Crippen LogP contribution is 2.20. The Hall–Kier alpha value is -1.54. The summed E-state index contributed by atoms with van der Waals surface area (Å²) in [5, 5.41) is 16.3. The van der Waals surface area contributed by atoms with E-state index in [1.165, 1.54) is 15.8 Å². The Labute approximate surface area is 122 Å². The van der Waals surface area contributed by atoms with Crippen LogP contribution in [0.3, 0.4) is 0 Å². The summed E-state index contributed by atoms with van der Waals surface area (Å²) in [6.07, 6.45) is 0.240. The van der Waals surface area contributed by atoms with Gasteiger partial charge in [-0.15, -0.1) is 5.10 Å². The Morgan fingerprint density at radius 3 is 3.00 bits per heavy atom. The number of nitrogens with zero attached hydrogens (tertiary/aromatic N) is 4. The zero-order valence-corrected chi connectivity index (χ0v) is 12.3. The molecule has 1 aliphatic heterocycles. The molecular formula is C13H21FN4O3. The van der Waals surface area contributed by atoms with Crippen molar-refractivity contribution in [1.82, 2.24) is 19.9 Å². The van der Waals surface area contributed by atoms with Gasteiger partial charge in [0.05, 0.1) is 38.1 Å². The molecule has 8 heteroatoms. The van der Waals surface area contributed by atoms with Crippen LogP contribution in [0.25, 0.3) is 0 Å². The number of likely N-dealkylation sites (tertiary alicyclic amines) is 1. The van der Waals surface area contributed by atoms with Gasteiger partial charge >= 0.3 is 0 Å². The van der Waals surface area contributed by atoms with Crippen LogP contribution >= 0.6 is 0 Å². The van der Waals surface area contributed by atoms with Crippen LogP contribution in [0.4, 0.5) is 4.39 Å². The number of amides is 1. The molecule has 1 aromatic rings. The lowest BCUT2D eigenvalue weighted by Crippen LogP contribution is -2.48. The molecule has 118 valence electrons. The van der Waals surface area contributed by atoms with Gasteiger partial charge < -0.3 is 14.7 Å². The van der Waals surface area contributed by atoms with E-state index < -0.39 is 12.3 Å². The van der Waals surface area contributed by atoms with Gasteiger partial charge in [-0.1, -0.05) is 5.21 Å². The molecule has 0 aromatic carbocycles. The summed E-state index contributed by atoms with van der Waals surface area (Å²) in [6.45, 7) is 4.36. The van der Waals surface area contributed by atoms with E-state index in [1.54, 1.807) is 0 Å². The standard InChI is InChI=1S/C13H21FN4O3/c1-9(2)21-12-3-4-17(7-10(12)14)13(20)11-8-18(5-6-19)16-15-11/h8-10,12,19H,3-7H2,1-2H3/t10-,12+/m1/s1. The Kier molecular flexibility index (Phi) is 5.24. The minimum Gasteiger partial charge on any atom is -0.394 e. The first-order valence-electron chi connectivity index (χ1n) is 7.11. The summed E-state index contributed by atoms with van der Waals surface area (Å²) in [6, 6.07) is 0. The third-order valence-electron chi connectivity index (χ3n) is 3.30. The monoisotopic (exact) mass is 300 g/mol. The summed E-state index contributed by atoms with van der Waals surface area (Å²) >= 11 is 0. The molecule has 2 rings (SSSR count). The Morgan fingerprint density at radius 1 is 1.62 bits per heavy atom. The van der Waals surface area contributed by atoms with Gasteiger partial charge in [-0.25, -0.2) is 9.07 Å². The van der Waals surface area contributed by atoms with Crippen molar-refractivity contribution in [2.24, 2.45) is 0 Å². The summed E-state index contributed by atoms with van der Waals surface area (Å²) in [4.78, 5) is 13.7. The third kappa shape index (κ3) is 3.98. The van der Waals surface area contributed by atoms with Crippen LogP contribution in [0, 0.1) is 0 Å². The van der Waals surface area contributed by atoms with E-state index in [0.717, 1.165) is 0 Å². The second-order valence-corrected chi connectivity index (χ2v) is 5.37. The first kappa shape index (κ1) is 15.8. The summed E-state index contributed by atoms with van der Waals surface area (Å²) in [5.74, 6) is -0.343. The predicted molar refractivity (Wildman–Crippen MR) is 72.5 cm³/mol. The molecule has 1 aromatic heterocycles. The topological polar surface area (TPSA) is 80.5 Å². The molecule has 0 aliphatic carbocycles. The van der Waals surface area contributed by atoms with E-state index in [2.05, 4.69) is 10.3 Å². The molecule has 2 atom stereocenters. The van der Waals surface area contributed by atoms with Gasteiger partial charge in [0.25, 0.3) is 5.91 Å². The Balaban J connectivity index is 1.95. The second kappa shape index (κ2) is 6.95. The normalized spacial score (nSPS) is 22.8. The molecule has 0 unspecified atom stereocenters. The number of carbonyl (C=O) groups excluding carboxylic acids is 1. The van der Waals surface area contributed by atoms with Crippen molar-refractivity contribution in [1.29, 1.82) is 0 Å². The molecule has 7 nitrogen and oxygen atoms in total. The van der Waals surface area contributed by atoms with Crippen molar-refractivity contribution < 1.29 is 19.0 Å². The van der Waals surface area contributed by atoms with E-state index in [9.17, 15) is 9.18 Å². The number of alkyl halides is 1. The number of aliphatic hydroxyl groups excluding tert-OH is 1. The van der Waals surface area contributed by atoms with Crippen molar-refractivity contribution in [3.8, 4) is 0 Å². The maximum absolute atomic E-state index is 14.1. The van der Waals surface area contributed by atoms with Gasteiger partial charge in [0, 0.05) is 6.54 Å². The number of aliphatic hydroxyl groups is 1. The number of halogens is 1. The number of aromatic nitrogens is 3. The fourth-order valence-electron chi connectivity index (χ4n) is 2.34. The minimum absolute atomic E-state index is 0.00306. The van der Waals surface area contributed by atoms with Crippen molar-refractivity contribution in [2.45, 2.75) is 45.2 Å². The fourth-order valence-corrected chi connectivity index (χ4v) is 2.34. The lowest BCUT2D eigenvalue weighted by molar-refractivity contribution is -0.0666. The molecule has 21 heavy (non-hydrogen) atoms. The Morgan fingerprint density at radius 2 is 2.38 bits per heavy atom. The highest BCUT2D eigenvalue weighted by molar-refractivity contribution is 5.92. The van der Waals surface area contributed by atoms with E-state index in [1.807, 2.05) is 13.8 Å². The van der Waals surface area contributed by atoms with Gasteiger partial charge in [0.15, 0.2) is 5.69 Å². The molecule has 1 fully saturated rings. The highest BCUT2D eigenvalue weighted by Gasteiger charge is 2.33. The van der Waals surface area contributed by atoms with Gasteiger partial charge in [0.2, 0.25) is 0 Å². The van der Waals surface area contributed by atoms with Crippen LogP contribution in [0.1, 0.15) is 30.8 Å². The van der Waals surface area contributed by atoms with Crippen LogP contribution in [0.5, 0.6) is 0 Å². The van der Waals surface area contributed by atoms with Gasteiger partial charge in [-0.05, 0) is 20.3 Å². The largest absolute Gasteiger partial charge is 0.394 e. The maximum atomic E-state index is 14.1. The lowest BCUT2D eigenvalue weighted by Gasteiger charge is -2.35. The van der Waals surface area contributed by atoms with Crippen molar-refractivity contribution in [3.05, 3.63) is 11.9 Å². The van der Waals surface area contributed by atoms with Crippen LogP contribution in [-0.4, -0.2) is 69.0 Å². The number of ether oxygens (including phenoxy) is 1. The van der Waals surface area contributed by atoms with Crippen LogP contribution in [0.15, 0.2) is 6.20 Å². The highest BCUT2D eigenvalue weighted by atomic mass is 19.1. The molecule has 0 radical (unpaired) electrons. The molecule has 1 aliphatic rings. The van der Waals surface area contributed by atoms with Gasteiger partial charge in [-0.2, -0.15) is 0 Å². The number of piperidine rings is 1. The average molecular weight is 300 g/mol. The van der Waals surface area contributed by atoms with E-state index in [4.69, 9.17) is 9.84 Å². The minimum atomic E-state index is -1.20. The predicted octanol–water partition coefficient (Wildman–Crippen LogP) is 0.248. The molecule has 0 bridgehead atoms. The zero-order chi connectivity index (χ0) is 15.4. The van der Waals surface area contributed by atoms with Crippen LogP contribution in [-0.2, 0) is 11.3 Å². The molecule has 1 saturated heterocycles. The summed E-state index contributed by atoms with van der Waals surface area (Å²) in [5.41, 5.74) is 0.166. The fraction of sp³-hybridized carbons (Fsp3) is 0.769. The average Bonchev–Trinajstić information content (AvgIpc) is 2.89. The molecule has 2 heterocycles. The maximum Gasteiger partial charge on any atom is 0.276 e. The Bertz CT molecular complexity index is 480. The van der Waals surface area contributed by atoms with Crippen molar-refractivity contribution >= 4 is 5.91 Å². The van der Waals surface area contributed by atoms with E-state index >= 15 is 0 Å². The zero-order valence-electron chi connectivity index (χ0n) is 12.3. The summed E-state index contributed by atoms with van der Waals surface area (Å²) in [7, 11) is 0. The van der Waals surface area contributed by atoms with Gasteiger partial charge in [0.1, 0.15) is 6.17 Å². The van der Waals surface area contributed by atoms with Crippen molar-refractivity contribution in [3.63, 3.8) is 0 Å². The van der Waals surface area contributed by atoms with Crippen molar-refractivity contribution in [2.75, 3.05) is 19.7 Å². The number of carbonyl (C=O) groups is 1. The number of hydrogen-bond donors (Lipinski definition) is 1.